The van der Waals surface area contributed by atoms with Crippen molar-refractivity contribution in [3.05, 3.63) is 125 Å². The summed E-state index contributed by atoms with van der Waals surface area (Å²) in [5.74, 6) is -0.132. The van der Waals surface area contributed by atoms with E-state index in [0.29, 0.717) is 41.8 Å². The number of halogens is 1. The molecule has 1 heterocycles. The predicted molar refractivity (Wildman–Crippen MR) is 180 cm³/mol. The van der Waals surface area contributed by atoms with Crippen molar-refractivity contribution in [2.45, 2.75) is 32.4 Å². The zero-order chi connectivity index (χ0) is 32.8. The molecule has 1 atom stereocenters. The number of amidine groups is 1. The standard InChI is InChI=1S/C34H39ClN4O5S/c1-5-29(35)15-11-25(2)21-27-14-18-32(39(3)20-19-27)36-23-33(40)37-31(34(41)38-45(4,42)43)22-26-12-16-30(17-13-26)44-24-28-9-7-6-8-10-28/h5-19,31H,1,20-24H2,2-4H3,(H,37,40)(H,38,41)/b25-11+,29-15+,36-32?. The predicted octanol–water partition coefficient (Wildman–Crippen LogP) is 4.84. The molecule has 0 fully saturated rings. The third-order valence-electron chi connectivity index (χ3n) is 6.60. The van der Waals surface area contributed by atoms with Crippen molar-refractivity contribution >= 4 is 39.3 Å². The van der Waals surface area contributed by atoms with Crippen molar-refractivity contribution in [2.24, 2.45) is 4.99 Å². The average Bonchev–Trinajstić information content (AvgIpc) is 3.18. The van der Waals surface area contributed by atoms with Crippen LogP contribution in [0.4, 0.5) is 0 Å². The number of nitrogens with one attached hydrogen (secondary N) is 2. The number of hydrogen-bond donors (Lipinski definition) is 2. The van der Waals surface area contributed by atoms with Gasteiger partial charge < -0.3 is 15.0 Å². The highest BCUT2D eigenvalue weighted by molar-refractivity contribution is 7.89. The van der Waals surface area contributed by atoms with Crippen LogP contribution in [0.2, 0.25) is 0 Å². The van der Waals surface area contributed by atoms with Crippen molar-refractivity contribution in [3.63, 3.8) is 0 Å². The average molecular weight is 651 g/mol. The molecule has 0 aromatic heterocycles. The van der Waals surface area contributed by atoms with E-state index in [-0.39, 0.29) is 13.0 Å². The van der Waals surface area contributed by atoms with Gasteiger partial charge in [-0.25, -0.2) is 8.42 Å². The van der Waals surface area contributed by atoms with Crippen LogP contribution in [0.3, 0.4) is 0 Å². The highest BCUT2D eigenvalue weighted by Gasteiger charge is 2.24. The van der Waals surface area contributed by atoms with Crippen LogP contribution in [0.15, 0.2) is 119 Å². The van der Waals surface area contributed by atoms with E-state index in [2.05, 4.69) is 23.0 Å². The molecule has 2 amide bonds. The minimum atomic E-state index is -3.84. The van der Waals surface area contributed by atoms with Crippen LogP contribution >= 0.6 is 11.6 Å². The summed E-state index contributed by atoms with van der Waals surface area (Å²) < 4.78 is 31.3. The molecule has 1 unspecified atom stereocenters. The number of aliphatic imine (C=N–C) groups is 1. The first-order valence-corrected chi connectivity index (χ1v) is 16.5. The number of nitrogens with zero attached hydrogens (tertiary/aromatic N) is 2. The third-order valence-corrected chi connectivity index (χ3v) is 7.46. The largest absolute Gasteiger partial charge is 0.489 e. The summed E-state index contributed by atoms with van der Waals surface area (Å²) >= 11 is 5.99. The van der Waals surface area contributed by atoms with Crippen LogP contribution in [-0.4, -0.2) is 63.4 Å². The van der Waals surface area contributed by atoms with Gasteiger partial charge in [-0.05, 0) is 54.3 Å². The SMILES string of the molecule is C=C/C(Cl)=C\C=C(/C)CC1=CCN(C)C(=NCC(=O)NC(Cc2ccc(OCc3ccccc3)cc2)C(=O)NS(C)(=O)=O)C=C1. The Morgan fingerprint density at radius 3 is 2.47 bits per heavy atom. The zero-order valence-corrected chi connectivity index (χ0v) is 27.3. The summed E-state index contributed by atoms with van der Waals surface area (Å²) in [6.07, 6.45) is 12.8. The fourth-order valence-corrected chi connectivity index (χ4v) is 4.82. The highest BCUT2D eigenvalue weighted by Crippen LogP contribution is 2.17. The summed E-state index contributed by atoms with van der Waals surface area (Å²) in [4.78, 5) is 32.1. The summed E-state index contributed by atoms with van der Waals surface area (Å²) in [5, 5.41) is 3.20. The Hall–Kier alpha value is -4.41. The first-order chi connectivity index (χ1) is 21.4. The maximum atomic E-state index is 12.9. The van der Waals surface area contributed by atoms with E-state index >= 15 is 0 Å². The van der Waals surface area contributed by atoms with Crippen molar-refractivity contribution in [2.75, 3.05) is 26.4 Å². The Bertz CT molecular complexity index is 1610. The Balaban J connectivity index is 1.64. The van der Waals surface area contributed by atoms with Gasteiger partial charge in [-0.15, -0.1) is 0 Å². The van der Waals surface area contributed by atoms with E-state index in [0.717, 1.165) is 23.0 Å². The lowest BCUT2D eigenvalue weighted by Crippen LogP contribution is -2.50. The minimum Gasteiger partial charge on any atom is -0.489 e. The van der Waals surface area contributed by atoms with E-state index in [1.807, 2.05) is 72.2 Å². The number of carbonyl (C=O) groups is 2. The maximum Gasteiger partial charge on any atom is 0.256 e. The van der Waals surface area contributed by atoms with E-state index in [1.54, 1.807) is 36.4 Å². The molecule has 0 saturated heterocycles. The number of rotatable bonds is 14. The van der Waals surface area contributed by atoms with E-state index < -0.39 is 27.9 Å². The lowest BCUT2D eigenvalue weighted by atomic mass is 10.1. The van der Waals surface area contributed by atoms with Crippen molar-refractivity contribution in [1.29, 1.82) is 0 Å². The number of likely N-dealkylation sites (N-methyl/N-ethyl adjacent to an activating group) is 1. The zero-order valence-electron chi connectivity index (χ0n) is 25.7. The fraction of sp³-hybridized carbons (Fsp3) is 0.265. The van der Waals surface area contributed by atoms with Crippen molar-refractivity contribution in [3.8, 4) is 5.75 Å². The fourth-order valence-electron chi connectivity index (χ4n) is 4.25. The van der Waals surface area contributed by atoms with Gasteiger partial charge in [0, 0.05) is 25.0 Å². The normalized spacial score (nSPS) is 15.6. The first kappa shape index (κ1) is 35.1. The molecule has 2 N–H and O–H groups in total. The number of hydrogen-bond acceptors (Lipinski definition) is 6. The molecule has 45 heavy (non-hydrogen) atoms. The van der Waals surface area contributed by atoms with Crippen molar-refractivity contribution in [1.82, 2.24) is 14.9 Å². The van der Waals surface area contributed by atoms with Crippen LogP contribution in [0, 0.1) is 0 Å². The van der Waals surface area contributed by atoms with Gasteiger partial charge in [0.1, 0.15) is 30.8 Å². The number of benzene rings is 2. The van der Waals surface area contributed by atoms with Crippen LogP contribution in [0.5, 0.6) is 5.75 Å². The number of amides is 2. The van der Waals surface area contributed by atoms with E-state index in [4.69, 9.17) is 16.3 Å². The van der Waals surface area contributed by atoms with Gasteiger partial charge in [-0.3, -0.25) is 19.3 Å². The monoisotopic (exact) mass is 650 g/mol. The van der Waals surface area contributed by atoms with E-state index in [9.17, 15) is 18.0 Å². The molecule has 2 aromatic rings. The van der Waals surface area contributed by atoms with Gasteiger partial charge in [0.05, 0.1) is 6.26 Å². The number of ether oxygens (including phenoxy) is 1. The molecule has 9 nitrogen and oxygen atoms in total. The van der Waals surface area contributed by atoms with Gasteiger partial charge in [0.2, 0.25) is 15.9 Å². The molecule has 0 saturated carbocycles. The summed E-state index contributed by atoms with van der Waals surface area (Å²) in [6.45, 7) is 6.39. The molecule has 238 valence electrons. The maximum absolute atomic E-state index is 12.9. The number of allylic oxidation sites excluding steroid dienone is 7. The van der Waals surface area contributed by atoms with Gasteiger partial charge in [-0.2, -0.15) is 0 Å². The van der Waals surface area contributed by atoms with Gasteiger partial charge in [-0.1, -0.05) is 90.5 Å². The van der Waals surface area contributed by atoms with Crippen LogP contribution in [-0.2, 0) is 32.6 Å². The molecular weight excluding hydrogens is 612 g/mol. The van der Waals surface area contributed by atoms with E-state index in [1.165, 1.54) is 0 Å². The quantitative estimate of drug-likeness (QED) is 0.283. The lowest BCUT2D eigenvalue weighted by molar-refractivity contribution is -0.127. The van der Waals surface area contributed by atoms with Crippen molar-refractivity contribution < 1.29 is 22.7 Å². The molecule has 0 spiro atoms. The second-order valence-electron chi connectivity index (χ2n) is 10.6. The molecule has 1 aliphatic heterocycles. The molecule has 3 rings (SSSR count). The Morgan fingerprint density at radius 1 is 1.09 bits per heavy atom. The third kappa shape index (κ3) is 13.0. The highest BCUT2D eigenvalue weighted by atomic mass is 35.5. The molecule has 0 aliphatic carbocycles. The summed E-state index contributed by atoms with van der Waals surface area (Å²) in [5.41, 5.74) is 3.93. The molecule has 0 bridgehead atoms. The first-order valence-electron chi connectivity index (χ1n) is 14.3. The molecule has 1 aliphatic rings. The van der Waals surface area contributed by atoms with Gasteiger partial charge >= 0.3 is 0 Å². The Labute approximate surface area is 270 Å². The summed E-state index contributed by atoms with van der Waals surface area (Å²) in [6, 6.07) is 15.7. The Morgan fingerprint density at radius 2 is 1.80 bits per heavy atom. The van der Waals surface area contributed by atoms with Gasteiger partial charge in [0.15, 0.2) is 0 Å². The summed E-state index contributed by atoms with van der Waals surface area (Å²) in [7, 11) is -1.97. The molecule has 0 radical (unpaired) electrons. The van der Waals surface area contributed by atoms with Crippen LogP contribution in [0.25, 0.3) is 0 Å². The second kappa shape index (κ2) is 17.2. The number of sulfonamides is 1. The molecule has 11 heteroatoms. The smallest absolute Gasteiger partial charge is 0.256 e. The van der Waals surface area contributed by atoms with Crippen LogP contribution in [0.1, 0.15) is 24.5 Å². The second-order valence-corrected chi connectivity index (χ2v) is 12.8. The Kier molecular flexibility index (Phi) is 13.4. The topological polar surface area (TPSA) is 117 Å². The van der Waals surface area contributed by atoms with Gasteiger partial charge in [0.25, 0.3) is 5.91 Å². The number of carbonyl (C=O) groups excluding carboxylic acids is 2. The lowest BCUT2D eigenvalue weighted by Gasteiger charge is -2.19. The molecular formula is C34H39ClN4O5S. The molecule has 2 aromatic carbocycles. The van der Waals surface area contributed by atoms with Crippen LogP contribution < -0.4 is 14.8 Å². The minimum absolute atomic E-state index is 0.0653.